The maximum absolute atomic E-state index is 13.6. The molecule has 2 aliphatic rings. The molecule has 2 fully saturated rings. The Morgan fingerprint density at radius 2 is 1.86 bits per heavy atom. The fourth-order valence-electron chi connectivity index (χ4n) is 4.20. The number of rotatable bonds is 4. The molecule has 4 heteroatoms. The molecule has 21 heavy (non-hydrogen) atoms. The van der Waals surface area contributed by atoms with Gasteiger partial charge in [0.1, 0.15) is 5.82 Å². The van der Waals surface area contributed by atoms with Crippen molar-refractivity contribution in [3.05, 3.63) is 34.6 Å². The molecule has 0 radical (unpaired) electrons. The first kappa shape index (κ1) is 15.3. The van der Waals surface area contributed by atoms with E-state index >= 15 is 0 Å². The van der Waals surface area contributed by atoms with Gasteiger partial charge in [0, 0.05) is 11.6 Å². The molecule has 1 saturated carbocycles. The highest BCUT2D eigenvalue weighted by Gasteiger charge is 2.45. The number of nitrogens with two attached hydrogens (primary N) is 1. The molecule has 0 spiro atoms. The van der Waals surface area contributed by atoms with Gasteiger partial charge in [-0.3, -0.25) is 4.90 Å². The van der Waals surface area contributed by atoms with Crippen LogP contribution in [0.4, 0.5) is 4.39 Å². The Balaban J connectivity index is 1.81. The van der Waals surface area contributed by atoms with Gasteiger partial charge in [0.25, 0.3) is 0 Å². The topological polar surface area (TPSA) is 29.3 Å². The van der Waals surface area contributed by atoms with Gasteiger partial charge in [0.2, 0.25) is 0 Å². The molecular formula is C17H24ClFN2. The summed E-state index contributed by atoms with van der Waals surface area (Å²) in [7, 11) is 0. The Labute approximate surface area is 131 Å². The molecule has 2 nitrogen and oxygen atoms in total. The van der Waals surface area contributed by atoms with Crippen LogP contribution in [0.15, 0.2) is 18.2 Å². The number of nitrogens with zero attached hydrogens (tertiary/aromatic N) is 1. The van der Waals surface area contributed by atoms with Crippen LogP contribution in [0.1, 0.15) is 44.1 Å². The summed E-state index contributed by atoms with van der Waals surface area (Å²) in [5.74, 6) is -0.344. The van der Waals surface area contributed by atoms with Crippen molar-refractivity contribution >= 4 is 11.6 Å². The van der Waals surface area contributed by atoms with Gasteiger partial charge in [-0.2, -0.15) is 0 Å². The second-order valence-electron chi connectivity index (χ2n) is 6.53. The van der Waals surface area contributed by atoms with E-state index in [0.29, 0.717) is 6.42 Å². The van der Waals surface area contributed by atoms with Crippen LogP contribution in [-0.2, 0) is 6.42 Å². The van der Waals surface area contributed by atoms with Crippen molar-refractivity contribution < 1.29 is 4.39 Å². The van der Waals surface area contributed by atoms with Gasteiger partial charge >= 0.3 is 0 Å². The summed E-state index contributed by atoms with van der Waals surface area (Å²) in [6, 6.07) is 5.05. The zero-order chi connectivity index (χ0) is 14.9. The van der Waals surface area contributed by atoms with E-state index in [1.165, 1.54) is 44.6 Å². The summed E-state index contributed by atoms with van der Waals surface area (Å²) in [6.45, 7) is 2.31. The van der Waals surface area contributed by atoms with Crippen molar-refractivity contribution in [2.45, 2.75) is 56.5 Å². The Morgan fingerprint density at radius 1 is 1.19 bits per heavy atom. The van der Waals surface area contributed by atoms with E-state index in [2.05, 4.69) is 4.90 Å². The van der Waals surface area contributed by atoms with E-state index in [1.54, 1.807) is 6.07 Å². The van der Waals surface area contributed by atoms with Crippen molar-refractivity contribution in [1.82, 2.24) is 4.90 Å². The molecular weight excluding hydrogens is 287 g/mol. The second-order valence-corrected chi connectivity index (χ2v) is 6.91. The number of hydrogen-bond donors (Lipinski definition) is 1. The zero-order valence-corrected chi connectivity index (χ0v) is 13.2. The van der Waals surface area contributed by atoms with Gasteiger partial charge in [-0.05, 0) is 56.8 Å². The summed E-state index contributed by atoms with van der Waals surface area (Å²) in [6.07, 6.45) is 8.04. The van der Waals surface area contributed by atoms with Gasteiger partial charge in [-0.1, -0.05) is 36.6 Å². The minimum absolute atomic E-state index is 0.0254. The lowest BCUT2D eigenvalue weighted by Crippen LogP contribution is -2.58. The quantitative estimate of drug-likeness (QED) is 0.917. The number of likely N-dealkylation sites (tertiary alicyclic amines) is 1. The number of halogens is 2. The first-order chi connectivity index (χ1) is 10.1. The molecule has 3 rings (SSSR count). The minimum Gasteiger partial charge on any atom is -0.326 e. The van der Waals surface area contributed by atoms with Crippen molar-refractivity contribution in [1.29, 1.82) is 0 Å². The molecule has 1 unspecified atom stereocenters. The van der Waals surface area contributed by atoms with Crippen molar-refractivity contribution in [2.24, 2.45) is 5.73 Å². The molecule has 0 amide bonds. The summed E-state index contributed by atoms with van der Waals surface area (Å²) in [5, 5.41) is 0.238. The Bertz CT molecular complexity index is 494. The summed E-state index contributed by atoms with van der Waals surface area (Å²) in [5.41, 5.74) is 7.57. The van der Waals surface area contributed by atoms with Crippen LogP contribution in [0.5, 0.6) is 0 Å². The average Bonchev–Trinajstić information content (AvgIpc) is 3.14. The fourth-order valence-corrected chi connectivity index (χ4v) is 4.41. The third-order valence-electron chi connectivity index (χ3n) is 5.37. The van der Waals surface area contributed by atoms with E-state index in [4.69, 9.17) is 17.3 Å². The Hall–Kier alpha value is -0.640. The summed E-state index contributed by atoms with van der Waals surface area (Å²) < 4.78 is 13.6. The number of benzene rings is 1. The molecule has 1 aromatic rings. The second kappa shape index (κ2) is 6.23. The van der Waals surface area contributed by atoms with Crippen LogP contribution in [0.2, 0.25) is 5.02 Å². The Morgan fingerprint density at radius 3 is 2.52 bits per heavy atom. The Kier molecular flexibility index (Phi) is 4.53. The average molecular weight is 311 g/mol. The van der Waals surface area contributed by atoms with Gasteiger partial charge in [0.15, 0.2) is 0 Å². The minimum atomic E-state index is -0.344. The van der Waals surface area contributed by atoms with Crippen molar-refractivity contribution in [3.63, 3.8) is 0 Å². The van der Waals surface area contributed by atoms with E-state index in [9.17, 15) is 4.39 Å². The predicted octanol–water partition coefficient (Wildman–Crippen LogP) is 3.76. The lowest BCUT2D eigenvalue weighted by Gasteiger charge is -2.43. The predicted molar refractivity (Wildman–Crippen MR) is 85.1 cm³/mol. The van der Waals surface area contributed by atoms with Gasteiger partial charge in [0.05, 0.1) is 5.02 Å². The lowest BCUT2D eigenvalue weighted by atomic mass is 9.83. The van der Waals surface area contributed by atoms with E-state index in [0.717, 1.165) is 18.7 Å². The maximum Gasteiger partial charge on any atom is 0.142 e. The lowest BCUT2D eigenvalue weighted by molar-refractivity contribution is 0.0921. The standard InChI is InChI=1S/C17H24ClFN2/c18-16-13(6-5-7-14(16)19)12-15(20)17(8-1-2-9-17)21-10-3-4-11-21/h5-7,15H,1-4,8-12,20H2. The van der Waals surface area contributed by atoms with E-state index in [1.807, 2.05) is 6.07 Å². The maximum atomic E-state index is 13.6. The first-order valence-corrected chi connectivity index (χ1v) is 8.45. The van der Waals surface area contributed by atoms with Crippen LogP contribution in [0, 0.1) is 5.82 Å². The van der Waals surface area contributed by atoms with Crippen LogP contribution in [0.25, 0.3) is 0 Å². The van der Waals surface area contributed by atoms with E-state index in [-0.39, 0.29) is 22.4 Å². The highest BCUT2D eigenvalue weighted by molar-refractivity contribution is 6.31. The largest absolute Gasteiger partial charge is 0.326 e. The SMILES string of the molecule is NC(Cc1cccc(F)c1Cl)C1(N2CCCC2)CCCC1. The van der Waals surface area contributed by atoms with Crippen LogP contribution >= 0.6 is 11.6 Å². The van der Waals surface area contributed by atoms with Crippen LogP contribution in [0.3, 0.4) is 0 Å². The third kappa shape index (κ3) is 2.84. The number of hydrogen-bond acceptors (Lipinski definition) is 2. The molecule has 1 aliphatic carbocycles. The van der Waals surface area contributed by atoms with Gasteiger partial charge in [-0.25, -0.2) is 4.39 Å². The van der Waals surface area contributed by atoms with Crippen molar-refractivity contribution in [2.75, 3.05) is 13.1 Å². The van der Waals surface area contributed by atoms with E-state index < -0.39 is 0 Å². The first-order valence-electron chi connectivity index (χ1n) is 8.07. The normalized spacial score (nSPS) is 23.6. The molecule has 0 aromatic heterocycles. The van der Waals surface area contributed by atoms with Crippen LogP contribution < -0.4 is 5.73 Å². The third-order valence-corrected chi connectivity index (χ3v) is 5.79. The molecule has 2 N–H and O–H groups in total. The molecule has 1 atom stereocenters. The van der Waals surface area contributed by atoms with Gasteiger partial charge in [-0.15, -0.1) is 0 Å². The molecule has 1 aromatic carbocycles. The van der Waals surface area contributed by atoms with Crippen molar-refractivity contribution in [3.8, 4) is 0 Å². The van der Waals surface area contributed by atoms with Crippen LogP contribution in [-0.4, -0.2) is 29.6 Å². The molecule has 1 heterocycles. The smallest absolute Gasteiger partial charge is 0.142 e. The molecule has 1 aliphatic heterocycles. The fraction of sp³-hybridized carbons (Fsp3) is 0.647. The summed E-state index contributed by atoms with van der Waals surface area (Å²) >= 11 is 6.10. The monoisotopic (exact) mass is 310 g/mol. The summed E-state index contributed by atoms with van der Waals surface area (Å²) in [4.78, 5) is 2.60. The highest BCUT2D eigenvalue weighted by atomic mass is 35.5. The molecule has 1 saturated heterocycles. The highest BCUT2D eigenvalue weighted by Crippen LogP contribution is 2.40. The zero-order valence-electron chi connectivity index (χ0n) is 12.5. The van der Waals surface area contributed by atoms with Gasteiger partial charge < -0.3 is 5.73 Å². The molecule has 116 valence electrons. The molecule has 0 bridgehead atoms.